The molecule has 2 N–H and O–H groups in total. The van der Waals surface area contributed by atoms with Gasteiger partial charge in [0.15, 0.2) is 10.9 Å². The van der Waals surface area contributed by atoms with E-state index >= 15 is 0 Å². The number of aromatic nitrogens is 5. The van der Waals surface area contributed by atoms with E-state index in [4.69, 9.17) is 4.74 Å². The molecule has 1 atom stereocenters. The summed E-state index contributed by atoms with van der Waals surface area (Å²) in [5.41, 5.74) is 2.49. The smallest absolute Gasteiger partial charge is 0.278 e. The first-order valence-electron chi connectivity index (χ1n) is 8.02. The minimum absolute atomic E-state index is 0.184. The van der Waals surface area contributed by atoms with Gasteiger partial charge in [0.25, 0.3) is 5.91 Å². The van der Waals surface area contributed by atoms with Crippen molar-refractivity contribution in [3.63, 3.8) is 0 Å². The molecule has 26 heavy (non-hydrogen) atoms. The molecular formula is C17H20N6O2S. The summed E-state index contributed by atoms with van der Waals surface area (Å²) in [6.07, 6.45) is 3.70. The molecule has 0 spiro atoms. The number of methoxy groups -OCH3 is 1. The molecule has 1 amide bonds. The Morgan fingerprint density at radius 1 is 1.42 bits per heavy atom. The van der Waals surface area contributed by atoms with Crippen LogP contribution in [0.15, 0.2) is 41.8 Å². The number of hydrogen-bond acceptors (Lipinski definition) is 6. The summed E-state index contributed by atoms with van der Waals surface area (Å²) in [7, 11) is 3.51. The summed E-state index contributed by atoms with van der Waals surface area (Å²) in [5.74, 6) is -0.327. The average Bonchev–Trinajstić information content (AvgIpc) is 3.25. The second-order valence-corrected chi connectivity index (χ2v) is 7.02. The van der Waals surface area contributed by atoms with Gasteiger partial charge in [-0.3, -0.25) is 4.79 Å². The van der Waals surface area contributed by atoms with E-state index in [-0.39, 0.29) is 23.5 Å². The number of nitrogens with zero attached hydrogens (tertiary/aromatic N) is 4. The molecule has 1 unspecified atom stereocenters. The molecule has 136 valence electrons. The first-order chi connectivity index (χ1) is 12.6. The zero-order valence-electron chi connectivity index (χ0n) is 14.8. The number of benzene rings is 1. The Labute approximate surface area is 155 Å². The number of aromatic amines is 1. The average molecular weight is 372 g/mol. The standard InChI is InChI=1S/C17H20N6O2S/c1-11(26-17-18-7-8-23(17)2)12-5-4-6-13(9-12)19-16(24)15-14(10-25-3)20-22-21-15/h4-9,11H,10H2,1-3H3,(H,19,24)(H,20,21,22). The molecule has 0 fully saturated rings. The quantitative estimate of drug-likeness (QED) is 0.619. The van der Waals surface area contributed by atoms with Crippen LogP contribution in [0.4, 0.5) is 5.69 Å². The summed E-state index contributed by atoms with van der Waals surface area (Å²) in [6, 6.07) is 7.74. The van der Waals surface area contributed by atoms with Crippen molar-refractivity contribution in [1.29, 1.82) is 0 Å². The van der Waals surface area contributed by atoms with E-state index in [9.17, 15) is 4.79 Å². The summed E-state index contributed by atoms with van der Waals surface area (Å²) in [4.78, 5) is 16.8. The van der Waals surface area contributed by atoms with E-state index < -0.39 is 0 Å². The highest BCUT2D eigenvalue weighted by Crippen LogP contribution is 2.34. The first-order valence-corrected chi connectivity index (χ1v) is 8.90. The van der Waals surface area contributed by atoms with Crippen LogP contribution in [0.5, 0.6) is 0 Å². The van der Waals surface area contributed by atoms with Gasteiger partial charge < -0.3 is 14.6 Å². The van der Waals surface area contributed by atoms with Gasteiger partial charge in [-0.1, -0.05) is 23.9 Å². The fraction of sp³-hybridized carbons (Fsp3) is 0.294. The molecule has 9 heteroatoms. The third kappa shape index (κ3) is 4.12. The molecule has 2 aromatic heterocycles. The molecule has 0 saturated carbocycles. The summed E-state index contributed by atoms with van der Waals surface area (Å²) >= 11 is 1.66. The molecule has 0 saturated heterocycles. The summed E-state index contributed by atoms with van der Waals surface area (Å²) in [6.45, 7) is 2.32. The molecule has 0 aliphatic heterocycles. The summed E-state index contributed by atoms with van der Waals surface area (Å²) in [5, 5.41) is 14.3. The molecule has 1 aromatic carbocycles. The van der Waals surface area contributed by atoms with E-state index in [2.05, 4.69) is 32.6 Å². The van der Waals surface area contributed by atoms with Crippen LogP contribution in [-0.2, 0) is 18.4 Å². The van der Waals surface area contributed by atoms with Gasteiger partial charge in [0.05, 0.1) is 6.61 Å². The number of rotatable bonds is 7. The highest BCUT2D eigenvalue weighted by molar-refractivity contribution is 7.99. The number of carbonyl (C=O) groups is 1. The van der Waals surface area contributed by atoms with Crippen LogP contribution >= 0.6 is 11.8 Å². The maximum absolute atomic E-state index is 12.4. The molecule has 3 aromatic rings. The van der Waals surface area contributed by atoms with E-state index in [0.29, 0.717) is 11.4 Å². The Kier molecular flexibility index (Phi) is 5.69. The number of nitrogens with one attached hydrogen (secondary N) is 2. The zero-order valence-corrected chi connectivity index (χ0v) is 15.6. The molecule has 2 heterocycles. The highest BCUT2D eigenvalue weighted by atomic mass is 32.2. The SMILES string of the molecule is COCc1n[nH]nc1C(=O)Nc1cccc(C(C)Sc2nccn2C)c1. The van der Waals surface area contributed by atoms with Gasteiger partial charge in [-0.25, -0.2) is 4.98 Å². The molecule has 3 rings (SSSR count). The molecule has 0 aliphatic carbocycles. The number of amides is 1. The highest BCUT2D eigenvalue weighted by Gasteiger charge is 2.17. The van der Waals surface area contributed by atoms with Gasteiger partial charge in [-0.15, -0.1) is 0 Å². The second kappa shape index (κ2) is 8.15. The number of hydrogen-bond donors (Lipinski definition) is 2. The van der Waals surface area contributed by atoms with Crippen LogP contribution < -0.4 is 5.32 Å². The lowest BCUT2D eigenvalue weighted by Gasteiger charge is -2.13. The van der Waals surface area contributed by atoms with Crippen LogP contribution in [0.25, 0.3) is 0 Å². The maximum atomic E-state index is 12.4. The van der Waals surface area contributed by atoms with Crippen LogP contribution in [-0.4, -0.2) is 38.0 Å². The molecule has 0 bridgehead atoms. The van der Waals surface area contributed by atoms with Crippen LogP contribution in [0, 0.1) is 0 Å². The van der Waals surface area contributed by atoms with Crippen LogP contribution in [0.2, 0.25) is 0 Å². The Balaban J connectivity index is 1.71. The van der Waals surface area contributed by atoms with E-state index in [1.807, 2.05) is 42.1 Å². The number of thioether (sulfide) groups is 1. The number of aryl methyl sites for hydroxylation is 1. The van der Waals surface area contributed by atoms with Crippen molar-refractivity contribution in [3.05, 3.63) is 53.6 Å². The molecule has 0 aliphatic rings. The van der Waals surface area contributed by atoms with E-state index in [1.165, 1.54) is 0 Å². The van der Waals surface area contributed by atoms with Crippen molar-refractivity contribution in [2.75, 3.05) is 12.4 Å². The van der Waals surface area contributed by atoms with Crippen molar-refractivity contribution >= 4 is 23.4 Å². The lowest BCUT2D eigenvalue weighted by Crippen LogP contribution is -2.15. The van der Waals surface area contributed by atoms with Gasteiger partial charge in [-0.2, -0.15) is 15.4 Å². The molecule has 8 nitrogen and oxygen atoms in total. The fourth-order valence-electron chi connectivity index (χ4n) is 2.42. The van der Waals surface area contributed by atoms with Crippen LogP contribution in [0.3, 0.4) is 0 Å². The Hall–Kier alpha value is -2.65. The van der Waals surface area contributed by atoms with Crippen molar-refractivity contribution in [3.8, 4) is 0 Å². The molecule has 0 radical (unpaired) electrons. The fourth-order valence-corrected chi connectivity index (χ4v) is 3.37. The third-order valence-corrected chi connectivity index (χ3v) is 5.02. The predicted molar refractivity (Wildman–Crippen MR) is 99.0 cm³/mol. The van der Waals surface area contributed by atoms with E-state index in [1.54, 1.807) is 25.1 Å². The van der Waals surface area contributed by atoms with Crippen molar-refractivity contribution in [2.45, 2.75) is 23.9 Å². The second-order valence-electron chi connectivity index (χ2n) is 5.71. The molecular weight excluding hydrogens is 352 g/mol. The number of ether oxygens (including phenoxy) is 1. The third-order valence-electron chi connectivity index (χ3n) is 3.79. The predicted octanol–water partition coefficient (Wildman–Crippen LogP) is 2.79. The monoisotopic (exact) mass is 372 g/mol. The maximum Gasteiger partial charge on any atom is 0.278 e. The topological polar surface area (TPSA) is 97.7 Å². The minimum Gasteiger partial charge on any atom is -0.378 e. The van der Waals surface area contributed by atoms with Crippen molar-refractivity contribution < 1.29 is 9.53 Å². The largest absolute Gasteiger partial charge is 0.378 e. The van der Waals surface area contributed by atoms with Crippen molar-refractivity contribution in [2.24, 2.45) is 7.05 Å². The first kappa shape index (κ1) is 18.2. The lowest BCUT2D eigenvalue weighted by molar-refractivity contribution is 0.101. The van der Waals surface area contributed by atoms with Crippen LogP contribution in [0.1, 0.15) is 33.9 Å². The summed E-state index contributed by atoms with van der Waals surface area (Å²) < 4.78 is 7.01. The number of anilines is 1. The van der Waals surface area contributed by atoms with Gasteiger partial charge in [0.1, 0.15) is 5.69 Å². The normalized spacial score (nSPS) is 12.1. The lowest BCUT2D eigenvalue weighted by atomic mass is 10.1. The minimum atomic E-state index is -0.327. The Bertz CT molecular complexity index is 891. The Morgan fingerprint density at radius 3 is 3.00 bits per heavy atom. The van der Waals surface area contributed by atoms with Crippen molar-refractivity contribution in [1.82, 2.24) is 25.0 Å². The Morgan fingerprint density at radius 2 is 2.27 bits per heavy atom. The van der Waals surface area contributed by atoms with Gasteiger partial charge in [-0.05, 0) is 24.6 Å². The van der Waals surface area contributed by atoms with Gasteiger partial charge in [0, 0.05) is 37.5 Å². The zero-order chi connectivity index (χ0) is 18.5. The number of H-pyrrole nitrogens is 1. The number of imidazole rings is 1. The van der Waals surface area contributed by atoms with Gasteiger partial charge in [0.2, 0.25) is 0 Å². The number of carbonyl (C=O) groups excluding carboxylic acids is 1. The van der Waals surface area contributed by atoms with Gasteiger partial charge >= 0.3 is 0 Å². The van der Waals surface area contributed by atoms with E-state index in [0.717, 1.165) is 10.7 Å².